The second-order valence-corrected chi connectivity index (χ2v) is 11.3. The first kappa shape index (κ1) is 21.6. The third-order valence-corrected chi connectivity index (χ3v) is 8.58. The first-order valence-electron chi connectivity index (χ1n) is 10.2. The number of aryl methyl sites for hydroxylation is 1. The van der Waals surface area contributed by atoms with Crippen LogP contribution >= 0.6 is 11.6 Å². The van der Waals surface area contributed by atoms with Gasteiger partial charge in [-0.05, 0) is 61.6 Å². The summed E-state index contributed by atoms with van der Waals surface area (Å²) in [5.74, 6) is 0.757. The minimum absolute atomic E-state index is 0.00530. The maximum Gasteiger partial charge on any atom is 0.252 e. The van der Waals surface area contributed by atoms with Gasteiger partial charge in [0.05, 0.1) is 16.3 Å². The molecule has 156 valence electrons. The van der Waals surface area contributed by atoms with Gasteiger partial charge in [0.25, 0.3) is 5.91 Å². The van der Waals surface area contributed by atoms with E-state index in [2.05, 4.69) is 5.32 Å². The highest BCUT2D eigenvalue weighted by Gasteiger charge is 2.50. The molecular formula is C21H31ClN2O3S. The van der Waals surface area contributed by atoms with Gasteiger partial charge in [0.2, 0.25) is 10.0 Å². The smallest absolute Gasteiger partial charge is 0.252 e. The van der Waals surface area contributed by atoms with E-state index in [1.54, 1.807) is 23.5 Å². The number of carbonyl (C=O) groups is 1. The lowest BCUT2D eigenvalue weighted by atomic mass is 9.62. The molecule has 3 rings (SSSR count). The lowest BCUT2D eigenvalue weighted by Gasteiger charge is -2.51. The Labute approximate surface area is 173 Å². The number of carbonyl (C=O) groups excluding carboxylic acids is 1. The molecule has 0 bridgehead atoms. The normalized spacial score (nSPS) is 24.8. The molecule has 0 radical (unpaired) electrons. The molecule has 28 heavy (non-hydrogen) atoms. The van der Waals surface area contributed by atoms with Gasteiger partial charge in [-0.3, -0.25) is 4.79 Å². The minimum atomic E-state index is -3.19. The average molecular weight is 427 g/mol. The second-order valence-electron chi connectivity index (χ2n) is 8.71. The van der Waals surface area contributed by atoms with Gasteiger partial charge in [-0.15, -0.1) is 0 Å². The molecule has 1 N–H and O–H groups in total. The van der Waals surface area contributed by atoms with Gasteiger partial charge in [0.15, 0.2) is 0 Å². The molecule has 7 heteroatoms. The zero-order valence-corrected chi connectivity index (χ0v) is 18.6. The van der Waals surface area contributed by atoms with Gasteiger partial charge >= 0.3 is 0 Å². The van der Waals surface area contributed by atoms with Crippen LogP contribution < -0.4 is 5.32 Å². The van der Waals surface area contributed by atoms with Crippen molar-refractivity contribution >= 4 is 27.5 Å². The number of sulfonamides is 1. The Hall–Kier alpha value is -1.11. The van der Waals surface area contributed by atoms with E-state index in [4.69, 9.17) is 11.6 Å². The van der Waals surface area contributed by atoms with Crippen LogP contribution in [0.4, 0.5) is 0 Å². The van der Waals surface area contributed by atoms with E-state index in [0.29, 0.717) is 23.6 Å². The van der Waals surface area contributed by atoms with Crippen LogP contribution in [0.5, 0.6) is 0 Å². The predicted octanol–water partition coefficient (Wildman–Crippen LogP) is 4.00. The first-order chi connectivity index (χ1) is 13.2. The van der Waals surface area contributed by atoms with Gasteiger partial charge in [0, 0.05) is 19.6 Å². The molecular weight excluding hydrogens is 396 g/mol. The zero-order valence-electron chi connectivity index (χ0n) is 17.0. The van der Waals surface area contributed by atoms with Crippen LogP contribution in [0.15, 0.2) is 18.2 Å². The topological polar surface area (TPSA) is 66.5 Å². The average Bonchev–Trinajstić information content (AvgIpc) is 3.39. The van der Waals surface area contributed by atoms with Gasteiger partial charge < -0.3 is 5.32 Å². The third kappa shape index (κ3) is 4.89. The third-order valence-electron chi connectivity index (χ3n) is 6.16. The Morgan fingerprint density at radius 2 is 2.00 bits per heavy atom. The zero-order chi connectivity index (χ0) is 20.5. The molecule has 2 aliphatic carbocycles. The molecule has 0 saturated heterocycles. The summed E-state index contributed by atoms with van der Waals surface area (Å²) in [6.45, 7) is 4.40. The van der Waals surface area contributed by atoms with Crippen molar-refractivity contribution in [3.63, 3.8) is 0 Å². The molecule has 0 aromatic heterocycles. The fourth-order valence-corrected chi connectivity index (χ4v) is 6.04. The van der Waals surface area contributed by atoms with Crippen molar-refractivity contribution in [1.82, 2.24) is 9.62 Å². The number of hydrogen-bond donors (Lipinski definition) is 1. The van der Waals surface area contributed by atoms with E-state index in [1.165, 1.54) is 12.8 Å². The quantitative estimate of drug-likeness (QED) is 0.649. The van der Waals surface area contributed by atoms with Gasteiger partial charge in [-0.25, -0.2) is 12.7 Å². The molecule has 0 aliphatic heterocycles. The highest BCUT2D eigenvalue weighted by molar-refractivity contribution is 7.89. The molecule has 2 fully saturated rings. The fraction of sp³-hybridized carbons (Fsp3) is 0.667. The van der Waals surface area contributed by atoms with Crippen molar-refractivity contribution in [3.8, 4) is 0 Å². The van der Waals surface area contributed by atoms with E-state index in [9.17, 15) is 13.2 Å². The van der Waals surface area contributed by atoms with Gasteiger partial charge in [0.1, 0.15) is 0 Å². The molecule has 0 spiro atoms. The van der Waals surface area contributed by atoms with Crippen LogP contribution in [0.1, 0.15) is 61.4 Å². The molecule has 5 nitrogen and oxygen atoms in total. The molecule has 0 atom stereocenters. The molecule has 1 amide bonds. The Bertz CT molecular complexity index is 830. The maximum atomic E-state index is 12.6. The summed E-state index contributed by atoms with van der Waals surface area (Å²) in [4.78, 5) is 12.6. The van der Waals surface area contributed by atoms with Gasteiger partial charge in [-0.2, -0.15) is 0 Å². The van der Waals surface area contributed by atoms with Crippen molar-refractivity contribution in [3.05, 3.63) is 34.3 Å². The van der Waals surface area contributed by atoms with Crippen molar-refractivity contribution in [2.75, 3.05) is 19.3 Å². The number of nitrogens with one attached hydrogen (secondary N) is 1. The number of hydrogen-bond acceptors (Lipinski definition) is 3. The highest BCUT2D eigenvalue weighted by Crippen LogP contribution is 2.52. The van der Waals surface area contributed by atoms with Crippen LogP contribution in [-0.4, -0.2) is 44.0 Å². The maximum absolute atomic E-state index is 12.6. The number of nitrogens with zero attached hydrogens (tertiary/aromatic N) is 1. The Balaban J connectivity index is 1.63. The van der Waals surface area contributed by atoms with Crippen molar-refractivity contribution in [1.29, 1.82) is 0 Å². The van der Waals surface area contributed by atoms with Crippen LogP contribution in [0, 0.1) is 18.3 Å². The largest absolute Gasteiger partial charge is 0.351 e. The Morgan fingerprint density at radius 1 is 1.32 bits per heavy atom. The SMILES string of the molecule is CCCS(=O)(=O)N(C)C1CC(CNC(=O)c2ccc(C)cc2Cl)(CC2CC2)C1. The van der Waals surface area contributed by atoms with Crippen LogP contribution in [0.3, 0.4) is 0 Å². The van der Waals surface area contributed by atoms with E-state index in [-0.39, 0.29) is 23.1 Å². The van der Waals surface area contributed by atoms with Crippen molar-refractivity contribution in [2.45, 2.75) is 58.4 Å². The monoisotopic (exact) mass is 426 g/mol. The lowest BCUT2D eigenvalue weighted by molar-refractivity contribution is 0.0334. The van der Waals surface area contributed by atoms with E-state index in [1.807, 2.05) is 19.9 Å². The molecule has 0 unspecified atom stereocenters. The molecule has 2 saturated carbocycles. The van der Waals surface area contributed by atoms with E-state index < -0.39 is 10.0 Å². The van der Waals surface area contributed by atoms with Crippen molar-refractivity contribution in [2.24, 2.45) is 11.3 Å². The number of halogens is 1. The molecule has 2 aliphatic rings. The summed E-state index contributed by atoms with van der Waals surface area (Å²) < 4.78 is 26.3. The summed E-state index contributed by atoms with van der Waals surface area (Å²) in [5.41, 5.74) is 1.51. The van der Waals surface area contributed by atoms with E-state index >= 15 is 0 Å². The fourth-order valence-electron chi connectivity index (χ4n) is 4.31. The summed E-state index contributed by atoms with van der Waals surface area (Å²) in [5, 5.41) is 3.53. The molecule has 0 heterocycles. The molecule has 1 aromatic rings. The Morgan fingerprint density at radius 3 is 2.57 bits per heavy atom. The van der Waals surface area contributed by atoms with Gasteiger partial charge in [-0.1, -0.05) is 37.4 Å². The van der Waals surface area contributed by atoms with E-state index in [0.717, 1.165) is 30.7 Å². The number of rotatable bonds is 9. The minimum Gasteiger partial charge on any atom is -0.351 e. The summed E-state index contributed by atoms with van der Waals surface area (Å²) in [6, 6.07) is 5.47. The second kappa shape index (κ2) is 8.33. The van der Waals surface area contributed by atoms with Crippen LogP contribution in [0.2, 0.25) is 5.02 Å². The first-order valence-corrected chi connectivity index (χ1v) is 12.1. The summed E-state index contributed by atoms with van der Waals surface area (Å²) >= 11 is 6.23. The summed E-state index contributed by atoms with van der Waals surface area (Å²) in [7, 11) is -1.49. The highest BCUT2D eigenvalue weighted by atomic mass is 35.5. The molecule has 1 aromatic carbocycles. The van der Waals surface area contributed by atoms with Crippen molar-refractivity contribution < 1.29 is 13.2 Å². The number of amides is 1. The predicted molar refractivity (Wildman–Crippen MR) is 113 cm³/mol. The standard InChI is InChI=1S/C21H31ClN2O3S/c1-4-9-28(26,27)24(3)17-12-21(13-17,11-16-6-7-16)14-23-20(25)18-8-5-15(2)10-19(18)22/h5,8,10,16-17H,4,6-7,9,11-14H2,1-3H3,(H,23,25). The van der Waals surface area contributed by atoms with Crippen LogP contribution in [-0.2, 0) is 10.0 Å². The van der Waals surface area contributed by atoms with Crippen LogP contribution in [0.25, 0.3) is 0 Å². The number of benzene rings is 1. The summed E-state index contributed by atoms with van der Waals surface area (Å²) in [6.07, 6.45) is 5.80. The Kier molecular flexibility index (Phi) is 6.42. The lowest BCUT2D eigenvalue weighted by Crippen LogP contribution is -2.56.